The van der Waals surface area contributed by atoms with E-state index >= 15 is 0 Å². The van der Waals surface area contributed by atoms with Gasteiger partial charge in [-0.1, -0.05) is 0 Å². The molecule has 0 aromatic rings. The van der Waals surface area contributed by atoms with Gasteiger partial charge in [-0.25, -0.2) is 0 Å². The predicted molar refractivity (Wildman–Crippen MR) is 36.9 cm³/mol. The summed E-state index contributed by atoms with van der Waals surface area (Å²) in [5.74, 6) is 0.866. The molecular formula is C7H14N2Pt. The van der Waals surface area contributed by atoms with Crippen LogP contribution in [-0.2, 0) is 21.1 Å². The van der Waals surface area contributed by atoms with Crippen LogP contribution in [-0.4, -0.2) is 11.6 Å². The Hall–Kier alpha value is 0.608. The Morgan fingerprint density at radius 3 is 2.30 bits per heavy atom. The van der Waals surface area contributed by atoms with Gasteiger partial charge in [-0.15, -0.1) is 0 Å². The molecule has 0 aromatic carbocycles. The van der Waals surface area contributed by atoms with Crippen molar-refractivity contribution in [3.8, 4) is 0 Å². The SMILES string of the molecule is NC1CC2CCC1(N)C2.[Pt]. The summed E-state index contributed by atoms with van der Waals surface area (Å²) < 4.78 is 0. The van der Waals surface area contributed by atoms with E-state index in [9.17, 15) is 0 Å². The van der Waals surface area contributed by atoms with Crippen LogP contribution in [0, 0.1) is 5.92 Å². The van der Waals surface area contributed by atoms with Gasteiger partial charge in [-0.3, -0.25) is 0 Å². The van der Waals surface area contributed by atoms with E-state index in [0.29, 0.717) is 6.04 Å². The topological polar surface area (TPSA) is 52.0 Å². The van der Waals surface area contributed by atoms with Gasteiger partial charge >= 0.3 is 0 Å². The average Bonchev–Trinajstić information content (AvgIpc) is 2.22. The molecular weight excluding hydrogens is 307 g/mol. The summed E-state index contributed by atoms with van der Waals surface area (Å²) in [4.78, 5) is 0. The van der Waals surface area contributed by atoms with Crippen LogP contribution in [0.4, 0.5) is 0 Å². The van der Waals surface area contributed by atoms with E-state index < -0.39 is 0 Å². The van der Waals surface area contributed by atoms with Crippen molar-refractivity contribution in [3.63, 3.8) is 0 Å². The molecule has 0 amide bonds. The van der Waals surface area contributed by atoms with Crippen molar-refractivity contribution in [1.29, 1.82) is 0 Å². The second-order valence-corrected chi connectivity index (χ2v) is 3.68. The van der Waals surface area contributed by atoms with Crippen molar-refractivity contribution in [3.05, 3.63) is 0 Å². The van der Waals surface area contributed by atoms with Crippen LogP contribution in [0.1, 0.15) is 25.7 Å². The molecule has 2 saturated carbocycles. The number of hydrogen-bond donors (Lipinski definition) is 2. The summed E-state index contributed by atoms with van der Waals surface area (Å²) in [7, 11) is 0. The van der Waals surface area contributed by atoms with Crippen molar-refractivity contribution in [2.24, 2.45) is 17.4 Å². The number of rotatable bonds is 0. The van der Waals surface area contributed by atoms with E-state index in [1.165, 1.54) is 25.7 Å². The van der Waals surface area contributed by atoms with E-state index in [1.807, 2.05) is 0 Å². The Balaban J connectivity index is 0.000000500. The van der Waals surface area contributed by atoms with Crippen LogP contribution in [0.3, 0.4) is 0 Å². The maximum Gasteiger partial charge on any atom is 0.0310 e. The molecule has 2 rings (SSSR count). The molecule has 2 nitrogen and oxygen atoms in total. The van der Waals surface area contributed by atoms with Gasteiger partial charge in [-0.05, 0) is 31.6 Å². The third-order valence-electron chi connectivity index (χ3n) is 3.01. The number of hydrogen-bond acceptors (Lipinski definition) is 2. The molecule has 10 heavy (non-hydrogen) atoms. The summed E-state index contributed by atoms with van der Waals surface area (Å²) in [6, 6.07) is 0.302. The molecule has 3 atom stereocenters. The maximum absolute atomic E-state index is 6.02. The molecule has 0 heterocycles. The van der Waals surface area contributed by atoms with E-state index in [4.69, 9.17) is 11.5 Å². The van der Waals surface area contributed by atoms with E-state index in [2.05, 4.69) is 0 Å². The van der Waals surface area contributed by atoms with Gasteiger partial charge in [0.05, 0.1) is 0 Å². The van der Waals surface area contributed by atoms with E-state index in [-0.39, 0.29) is 26.6 Å². The first-order valence-electron chi connectivity index (χ1n) is 3.75. The van der Waals surface area contributed by atoms with Gasteiger partial charge in [0.2, 0.25) is 0 Å². The van der Waals surface area contributed by atoms with E-state index in [1.54, 1.807) is 0 Å². The largest absolute Gasteiger partial charge is 0.326 e. The third-order valence-corrected chi connectivity index (χ3v) is 3.01. The molecule has 0 aliphatic heterocycles. The van der Waals surface area contributed by atoms with Gasteiger partial charge < -0.3 is 11.5 Å². The van der Waals surface area contributed by atoms with Crippen LogP contribution in [0.5, 0.6) is 0 Å². The number of fused-ring (bicyclic) bond motifs is 2. The van der Waals surface area contributed by atoms with Crippen molar-refractivity contribution in [2.45, 2.75) is 37.3 Å². The van der Waals surface area contributed by atoms with Crippen molar-refractivity contribution < 1.29 is 21.1 Å². The Kier molecular flexibility index (Phi) is 2.25. The van der Waals surface area contributed by atoms with Crippen molar-refractivity contribution in [1.82, 2.24) is 0 Å². The summed E-state index contributed by atoms with van der Waals surface area (Å²) in [5.41, 5.74) is 11.9. The van der Waals surface area contributed by atoms with Crippen LogP contribution in [0.25, 0.3) is 0 Å². The van der Waals surface area contributed by atoms with Gasteiger partial charge in [0, 0.05) is 32.6 Å². The standard InChI is InChI=1S/C7H14N2.Pt/c8-6-3-5-1-2-7(6,9)4-5;/h5-6H,1-4,8-9H2;. The molecule has 0 aromatic heterocycles. The van der Waals surface area contributed by atoms with Crippen molar-refractivity contribution in [2.75, 3.05) is 0 Å². The second kappa shape index (κ2) is 2.58. The summed E-state index contributed by atoms with van der Waals surface area (Å²) in [6.45, 7) is 0. The van der Waals surface area contributed by atoms with Gasteiger partial charge in [0.25, 0.3) is 0 Å². The fourth-order valence-corrected chi connectivity index (χ4v) is 2.35. The monoisotopic (exact) mass is 321 g/mol. The average molecular weight is 321 g/mol. The Bertz CT molecular complexity index is 140. The molecule has 3 heteroatoms. The second-order valence-electron chi connectivity index (χ2n) is 3.68. The molecule has 0 radical (unpaired) electrons. The zero-order chi connectivity index (χ0) is 6.48. The molecule has 0 saturated heterocycles. The molecule has 4 N–H and O–H groups in total. The van der Waals surface area contributed by atoms with Crippen LogP contribution < -0.4 is 11.5 Å². The smallest absolute Gasteiger partial charge is 0.0310 e. The first kappa shape index (κ1) is 8.70. The Labute approximate surface area is 76.0 Å². The first-order valence-corrected chi connectivity index (χ1v) is 3.75. The zero-order valence-corrected chi connectivity index (χ0v) is 8.23. The van der Waals surface area contributed by atoms with Crippen LogP contribution in [0.2, 0.25) is 0 Å². The molecule has 0 spiro atoms. The zero-order valence-electron chi connectivity index (χ0n) is 5.95. The predicted octanol–water partition coefficient (Wildman–Crippen LogP) is 0.212. The van der Waals surface area contributed by atoms with Crippen molar-refractivity contribution >= 4 is 0 Å². The summed E-state index contributed by atoms with van der Waals surface area (Å²) >= 11 is 0. The quantitative estimate of drug-likeness (QED) is 0.670. The fourth-order valence-electron chi connectivity index (χ4n) is 2.35. The molecule has 3 unspecified atom stereocenters. The number of nitrogens with two attached hydrogens (primary N) is 2. The normalized spacial score (nSPS) is 51.0. The Morgan fingerprint density at radius 2 is 2.10 bits per heavy atom. The minimum absolute atomic E-state index is 0. The van der Waals surface area contributed by atoms with E-state index in [0.717, 1.165) is 5.92 Å². The molecule has 62 valence electrons. The minimum atomic E-state index is 0. The molecule has 2 fully saturated rings. The van der Waals surface area contributed by atoms with Gasteiger partial charge in [0.15, 0.2) is 0 Å². The minimum Gasteiger partial charge on any atom is -0.326 e. The maximum atomic E-state index is 6.02. The first-order chi connectivity index (χ1) is 4.21. The van der Waals surface area contributed by atoms with Gasteiger partial charge in [0.1, 0.15) is 0 Å². The fraction of sp³-hybridized carbons (Fsp3) is 1.00. The van der Waals surface area contributed by atoms with Gasteiger partial charge in [-0.2, -0.15) is 0 Å². The molecule has 2 aliphatic rings. The summed E-state index contributed by atoms with van der Waals surface area (Å²) in [6.07, 6.45) is 4.85. The third kappa shape index (κ3) is 1.07. The van der Waals surface area contributed by atoms with Crippen LogP contribution in [0.15, 0.2) is 0 Å². The van der Waals surface area contributed by atoms with Crippen LogP contribution >= 0.6 is 0 Å². The molecule has 2 aliphatic carbocycles. The molecule has 2 bridgehead atoms. The summed E-state index contributed by atoms with van der Waals surface area (Å²) in [5, 5.41) is 0. The Morgan fingerprint density at radius 1 is 1.40 bits per heavy atom.